The molecule has 4 rings (SSSR count). The Morgan fingerprint density at radius 2 is 2.00 bits per heavy atom. The molecule has 1 aromatic carbocycles. The minimum atomic E-state index is 0.482. The van der Waals surface area contributed by atoms with Gasteiger partial charge in [-0.25, -0.2) is 0 Å². The van der Waals surface area contributed by atoms with Gasteiger partial charge in [0.2, 0.25) is 11.8 Å². The standard InChI is InChI=1S/C16H19N3O/c1-2-5-11(4-1)15-18-19-16(20-15)13-7-8-14-12(10-13)6-3-9-17-14/h7-8,10-11,17H,1-6,9H2. The summed E-state index contributed by atoms with van der Waals surface area (Å²) in [4.78, 5) is 0. The number of benzene rings is 1. The predicted molar refractivity (Wildman–Crippen MR) is 77.8 cm³/mol. The second-order valence-corrected chi connectivity index (χ2v) is 5.83. The van der Waals surface area contributed by atoms with Crippen molar-refractivity contribution in [2.24, 2.45) is 0 Å². The smallest absolute Gasteiger partial charge is 0.247 e. The first-order valence-corrected chi connectivity index (χ1v) is 7.61. The van der Waals surface area contributed by atoms with E-state index < -0.39 is 0 Å². The second-order valence-electron chi connectivity index (χ2n) is 5.83. The molecule has 4 heteroatoms. The molecule has 0 bridgehead atoms. The van der Waals surface area contributed by atoms with Crippen molar-refractivity contribution in [3.05, 3.63) is 29.7 Å². The van der Waals surface area contributed by atoms with E-state index in [1.165, 1.54) is 43.4 Å². The summed E-state index contributed by atoms with van der Waals surface area (Å²) in [6.45, 7) is 1.07. The van der Waals surface area contributed by atoms with Gasteiger partial charge in [-0.05, 0) is 49.4 Å². The van der Waals surface area contributed by atoms with Gasteiger partial charge in [-0.3, -0.25) is 0 Å². The number of aryl methyl sites for hydroxylation is 1. The number of aromatic nitrogens is 2. The molecule has 20 heavy (non-hydrogen) atoms. The van der Waals surface area contributed by atoms with Gasteiger partial charge in [0.05, 0.1) is 0 Å². The molecule has 1 fully saturated rings. The number of nitrogens with zero attached hydrogens (tertiary/aromatic N) is 2. The molecule has 1 aliphatic heterocycles. The van der Waals surface area contributed by atoms with Gasteiger partial charge in [0, 0.05) is 23.7 Å². The molecular formula is C16H19N3O. The summed E-state index contributed by atoms with van der Waals surface area (Å²) in [5.41, 5.74) is 3.65. The van der Waals surface area contributed by atoms with Crippen LogP contribution in [-0.2, 0) is 6.42 Å². The van der Waals surface area contributed by atoms with Gasteiger partial charge < -0.3 is 9.73 Å². The summed E-state index contributed by atoms with van der Waals surface area (Å²) >= 11 is 0. The Morgan fingerprint density at radius 1 is 1.10 bits per heavy atom. The number of rotatable bonds is 2. The molecule has 0 spiro atoms. The number of nitrogens with one attached hydrogen (secondary N) is 1. The highest BCUT2D eigenvalue weighted by Crippen LogP contribution is 2.35. The molecular weight excluding hydrogens is 250 g/mol. The van der Waals surface area contributed by atoms with Crippen molar-refractivity contribution in [3.8, 4) is 11.5 Å². The lowest BCUT2D eigenvalue weighted by atomic mass is 10.0. The lowest BCUT2D eigenvalue weighted by Crippen LogP contribution is -2.11. The van der Waals surface area contributed by atoms with Crippen molar-refractivity contribution >= 4 is 5.69 Å². The molecule has 0 unspecified atom stereocenters. The summed E-state index contributed by atoms with van der Waals surface area (Å²) in [6, 6.07) is 6.39. The van der Waals surface area contributed by atoms with Crippen molar-refractivity contribution in [2.45, 2.75) is 44.4 Å². The van der Waals surface area contributed by atoms with Crippen LogP contribution < -0.4 is 5.32 Å². The van der Waals surface area contributed by atoms with E-state index in [9.17, 15) is 0 Å². The van der Waals surface area contributed by atoms with Crippen LogP contribution in [0.4, 0.5) is 5.69 Å². The Morgan fingerprint density at radius 3 is 2.90 bits per heavy atom. The third kappa shape index (κ3) is 2.09. The highest BCUT2D eigenvalue weighted by Gasteiger charge is 2.23. The van der Waals surface area contributed by atoms with Gasteiger partial charge in [0.15, 0.2) is 0 Å². The summed E-state index contributed by atoms with van der Waals surface area (Å²) in [5, 5.41) is 11.9. The summed E-state index contributed by atoms with van der Waals surface area (Å²) in [7, 11) is 0. The fourth-order valence-electron chi connectivity index (χ4n) is 3.30. The van der Waals surface area contributed by atoms with Crippen molar-refractivity contribution in [1.82, 2.24) is 10.2 Å². The fourth-order valence-corrected chi connectivity index (χ4v) is 3.30. The molecule has 2 aromatic rings. The monoisotopic (exact) mass is 269 g/mol. The average molecular weight is 269 g/mol. The molecule has 1 aromatic heterocycles. The highest BCUT2D eigenvalue weighted by molar-refractivity contribution is 5.63. The van der Waals surface area contributed by atoms with Crippen LogP contribution in [0.2, 0.25) is 0 Å². The van der Waals surface area contributed by atoms with Crippen LogP contribution in [0.3, 0.4) is 0 Å². The van der Waals surface area contributed by atoms with Gasteiger partial charge >= 0.3 is 0 Å². The SMILES string of the molecule is c1cc2c(cc1-c1nnc(C3CCCC3)o1)CCCN2. The third-order valence-electron chi connectivity index (χ3n) is 4.44. The van der Waals surface area contributed by atoms with E-state index in [2.05, 4.69) is 33.7 Å². The summed E-state index contributed by atoms with van der Waals surface area (Å²) in [5.74, 6) is 1.98. The zero-order valence-corrected chi connectivity index (χ0v) is 11.6. The third-order valence-corrected chi connectivity index (χ3v) is 4.44. The van der Waals surface area contributed by atoms with Crippen LogP contribution in [0.1, 0.15) is 49.5 Å². The van der Waals surface area contributed by atoms with E-state index in [4.69, 9.17) is 4.42 Å². The van der Waals surface area contributed by atoms with E-state index in [-0.39, 0.29) is 0 Å². The van der Waals surface area contributed by atoms with Crippen LogP contribution in [0.15, 0.2) is 22.6 Å². The van der Waals surface area contributed by atoms with Crippen molar-refractivity contribution in [3.63, 3.8) is 0 Å². The van der Waals surface area contributed by atoms with Crippen LogP contribution >= 0.6 is 0 Å². The summed E-state index contributed by atoms with van der Waals surface area (Å²) < 4.78 is 5.90. The minimum absolute atomic E-state index is 0.482. The Balaban J connectivity index is 1.63. The highest BCUT2D eigenvalue weighted by atomic mass is 16.4. The Kier molecular flexibility index (Phi) is 2.94. The molecule has 0 radical (unpaired) electrons. The number of anilines is 1. The van der Waals surface area contributed by atoms with Crippen LogP contribution in [0.5, 0.6) is 0 Å². The first-order valence-electron chi connectivity index (χ1n) is 7.61. The van der Waals surface area contributed by atoms with Crippen LogP contribution in [-0.4, -0.2) is 16.7 Å². The Hall–Kier alpha value is -1.84. The maximum Gasteiger partial charge on any atom is 0.247 e. The molecule has 1 aliphatic carbocycles. The van der Waals surface area contributed by atoms with Gasteiger partial charge in [0.1, 0.15) is 0 Å². The Labute approximate surface area is 118 Å². The van der Waals surface area contributed by atoms with E-state index in [1.54, 1.807) is 0 Å². The minimum Gasteiger partial charge on any atom is -0.420 e. The van der Waals surface area contributed by atoms with Gasteiger partial charge in [-0.1, -0.05) is 12.8 Å². The molecule has 1 saturated carbocycles. The fraction of sp³-hybridized carbons (Fsp3) is 0.500. The molecule has 0 saturated heterocycles. The normalized spacial score (nSPS) is 18.8. The van der Waals surface area contributed by atoms with E-state index >= 15 is 0 Å². The number of hydrogen-bond donors (Lipinski definition) is 1. The maximum absolute atomic E-state index is 5.90. The predicted octanol–water partition coefficient (Wildman–Crippen LogP) is 3.75. The quantitative estimate of drug-likeness (QED) is 0.902. The van der Waals surface area contributed by atoms with E-state index in [0.717, 1.165) is 24.4 Å². The molecule has 0 amide bonds. The first kappa shape index (κ1) is 11.9. The topological polar surface area (TPSA) is 51.0 Å². The van der Waals surface area contributed by atoms with Gasteiger partial charge in [0.25, 0.3) is 0 Å². The molecule has 4 nitrogen and oxygen atoms in total. The lowest BCUT2D eigenvalue weighted by molar-refractivity contribution is 0.457. The largest absolute Gasteiger partial charge is 0.420 e. The zero-order valence-electron chi connectivity index (χ0n) is 11.6. The van der Waals surface area contributed by atoms with Crippen molar-refractivity contribution < 1.29 is 4.42 Å². The second kappa shape index (κ2) is 4.93. The number of hydrogen-bond acceptors (Lipinski definition) is 4. The number of fused-ring (bicyclic) bond motifs is 1. The maximum atomic E-state index is 5.90. The summed E-state index contributed by atoms with van der Waals surface area (Å²) in [6.07, 6.45) is 7.26. The lowest BCUT2D eigenvalue weighted by Gasteiger charge is -2.17. The van der Waals surface area contributed by atoms with Crippen molar-refractivity contribution in [2.75, 3.05) is 11.9 Å². The molecule has 2 heterocycles. The first-order chi connectivity index (χ1) is 9.90. The molecule has 1 N–H and O–H groups in total. The van der Waals surface area contributed by atoms with E-state index in [1.807, 2.05) is 0 Å². The van der Waals surface area contributed by atoms with Crippen molar-refractivity contribution in [1.29, 1.82) is 0 Å². The van der Waals surface area contributed by atoms with Gasteiger partial charge in [-0.2, -0.15) is 0 Å². The molecule has 104 valence electrons. The molecule has 0 atom stereocenters. The average Bonchev–Trinajstić information content (AvgIpc) is 3.17. The van der Waals surface area contributed by atoms with E-state index in [0.29, 0.717) is 11.8 Å². The van der Waals surface area contributed by atoms with Crippen LogP contribution in [0.25, 0.3) is 11.5 Å². The van der Waals surface area contributed by atoms with Crippen LogP contribution in [0, 0.1) is 0 Å². The zero-order chi connectivity index (χ0) is 13.4. The molecule has 2 aliphatic rings. The van der Waals surface area contributed by atoms with Gasteiger partial charge in [-0.15, -0.1) is 10.2 Å². The Bertz CT molecular complexity index is 614.